The van der Waals surface area contributed by atoms with E-state index in [-0.39, 0.29) is 0 Å². The van der Waals surface area contributed by atoms with Crippen molar-refractivity contribution >= 4 is 102 Å². The molecule has 0 unspecified atom stereocenters. The Kier molecular flexibility index (Phi) is 4.83. The van der Waals surface area contributed by atoms with E-state index in [2.05, 4.69) is 155 Å². The molecule has 4 nitrogen and oxygen atoms in total. The molecule has 0 bridgehead atoms. The van der Waals surface area contributed by atoms with Gasteiger partial charge in [-0.15, -0.1) is 11.3 Å². The molecular formula is C44H24N4S. The fourth-order valence-corrected chi connectivity index (χ4v) is 9.60. The number of thiophene rings is 1. The van der Waals surface area contributed by atoms with Crippen LogP contribution in [0.3, 0.4) is 0 Å². The van der Waals surface area contributed by atoms with Crippen LogP contribution in [0.2, 0.25) is 0 Å². The molecule has 0 N–H and O–H groups in total. The standard InChI is InChI=1S/C44H24N4S/c1-2-13-26(14-3-1)39-43-40(30-18-8-11-21-36(30)49-43)46-44(45-39)48-35-24-32-28-16-6-9-19-33(28)47-34-20-10-7-17-29(34)38(42(32)47)37(35)31-23-22-25-12-4-5-15-27(25)41(31)48/h1-24H. The summed E-state index contributed by atoms with van der Waals surface area (Å²) in [5, 5.41) is 11.0. The maximum absolute atomic E-state index is 5.52. The molecule has 0 spiro atoms. The van der Waals surface area contributed by atoms with Crippen LogP contribution >= 0.6 is 11.3 Å². The van der Waals surface area contributed by atoms with Gasteiger partial charge in [-0.3, -0.25) is 4.57 Å². The van der Waals surface area contributed by atoms with Crippen LogP contribution < -0.4 is 0 Å². The van der Waals surface area contributed by atoms with E-state index in [0.717, 1.165) is 37.9 Å². The Balaban J connectivity index is 1.36. The lowest BCUT2D eigenvalue weighted by atomic mass is 10.0. The number of para-hydroxylation sites is 2. The van der Waals surface area contributed by atoms with Gasteiger partial charge in [0.2, 0.25) is 5.95 Å². The Labute approximate surface area is 283 Å². The zero-order valence-electron chi connectivity index (χ0n) is 26.1. The molecule has 5 aromatic heterocycles. The maximum Gasteiger partial charge on any atom is 0.235 e. The molecule has 0 aliphatic heterocycles. The summed E-state index contributed by atoms with van der Waals surface area (Å²) in [5.41, 5.74) is 9.02. The lowest BCUT2D eigenvalue weighted by Crippen LogP contribution is -2.03. The molecule has 12 rings (SSSR count). The van der Waals surface area contributed by atoms with Crippen molar-refractivity contribution in [3.63, 3.8) is 0 Å². The van der Waals surface area contributed by atoms with Crippen LogP contribution in [-0.2, 0) is 0 Å². The molecule has 226 valence electrons. The first-order chi connectivity index (χ1) is 24.3. The van der Waals surface area contributed by atoms with Crippen molar-refractivity contribution in [2.45, 2.75) is 0 Å². The number of aromatic nitrogens is 4. The highest BCUT2D eigenvalue weighted by atomic mass is 32.1. The molecule has 0 radical (unpaired) electrons. The maximum atomic E-state index is 5.52. The number of fused-ring (bicyclic) bond motifs is 15. The van der Waals surface area contributed by atoms with Gasteiger partial charge in [-0.2, -0.15) is 0 Å². The Morgan fingerprint density at radius 1 is 0.469 bits per heavy atom. The van der Waals surface area contributed by atoms with Crippen LogP contribution in [0, 0.1) is 0 Å². The second-order valence-corrected chi connectivity index (χ2v) is 14.0. The summed E-state index contributed by atoms with van der Waals surface area (Å²) in [6.45, 7) is 0. The van der Waals surface area contributed by atoms with Gasteiger partial charge in [-0.05, 0) is 29.7 Å². The fraction of sp³-hybridized carbons (Fsp3) is 0. The van der Waals surface area contributed by atoms with E-state index in [1.807, 2.05) is 0 Å². The first-order valence-electron chi connectivity index (χ1n) is 16.6. The van der Waals surface area contributed by atoms with Gasteiger partial charge in [0.25, 0.3) is 0 Å². The van der Waals surface area contributed by atoms with E-state index in [1.54, 1.807) is 11.3 Å². The third kappa shape index (κ3) is 3.23. The van der Waals surface area contributed by atoms with E-state index < -0.39 is 0 Å². The molecular weight excluding hydrogens is 617 g/mol. The van der Waals surface area contributed by atoms with Gasteiger partial charge in [0.05, 0.1) is 43.5 Å². The predicted molar refractivity (Wildman–Crippen MR) is 207 cm³/mol. The van der Waals surface area contributed by atoms with Crippen molar-refractivity contribution in [2.75, 3.05) is 0 Å². The van der Waals surface area contributed by atoms with Crippen LogP contribution in [0.1, 0.15) is 0 Å². The van der Waals surface area contributed by atoms with Gasteiger partial charge >= 0.3 is 0 Å². The summed E-state index contributed by atoms with van der Waals surface area (Å²) < 4.78 is 7.15. The van der Waals surface area contributed by atoms with Crippen LogP contribution in [0.4, 0.5) is 0 Å². The summed E-state index contributed by atoms with van der Waals surface area (Å²) in [5.74, 6) is 0.688. The summed E-state index contributed by atoms with van der Waals surface area (Å²) in [7, 11) is 0. The SMILES string of the molecule is c1ccc(-c2nc(-n3c4cc5c6ccccc6n6c7ccccc7c(c4c4ccc7ccccc7c43)c56)nc3c2sc2ccccc23)cc1. The molecule has 5 heterocycles. The monoisotopic (exact) mass is 640 g/mol. The Hall–Kier alpha value is -6.30. The van der Waals surface area contributed by atoms with Crippen molar-refractivity contribution in [2.24, 2.45) is 0 Å². The third-order valence-electron chi connectivity index (χ3n) is 10.4. The van der Waals surface area contributed by atoms with Gasteiger partial charge in [-0.1, -0.05) is 121 Å². The zero-order valence-corrected chi connectivity index (χ0v) is 26.9. The molecule has 0 saturated carbocycles. The Morgan fingerprint density at radius 2 is 1.16 bits per heavy atom. The average molecular weight is 641 g/mol. The number of benzene rings is 7. The lowest BCUT2D eigenvalue weighted by molar-refractivity contribution is 1.02. The van der Waals surface area contributed by atoms with Crippen LogP contribution in [-0.4, -0.2) is 18.9 Å². The molecule has 12 aromatic rings. The predicted octanol–water partition coefficient (Wildman–Crippen LogP) is 11.9. The van der Waals surface area contributed by atoms with Crippen LogP contribution in [0.5, 0.6) is 0 Å². The summed E-state index contributed by atoms with van der Waals surface area (Å²) in [6.07, 6.45) is 0. The van der Waals surface area contributed by atoms with Crippen molar-refractivity contribution in [3.8, 4) is 17.2 Å². The lowest BCUT2D eigenvalue weighted by Gasteiger charge is -2.11. The zero-order chi connectivity index (χ0) is 31.8. The Bertz CT molecular complexity index is 3330. The van der Waals surface area contributed by atoms with Crippen molar-refractivity contribution in [1.29, 1.82) is 0 Å². The summed E-state index contributed by atoms with van der Waals surface area (Å²) >= 11 is 1.77. The molecule has 5 heteroatoms. The highest BCUT2D eigenvalue weighted by Gasteiger charge is 2.26. The van der Waals surface area contributed by atoms with E-state index in [4.69, 9.17) is 9.97 Å². The molecule has 7 aromatic carbocycles. The van der Waals surface area contributed by atoms with Crippen molar-refractivity contribution in [1.82, 2.24) is 18.9 Å². The topological polar surface area (TPSA) is 35.1 Å². The van der Waals surface area contributed by atoms with E-state index in [0.29, 0.717) is 5.95 Å². The quantitative estimate of drug-likeness (QED) is 0.188. The number of hydrogen-bond acceptors (Lipinski definition) is 3. The number of hydrogen-bond donors (Lipinski definition) is 0. The minimum atomic E-state index is 0.688. The van der Waals surface area contributed by atoms with Gasteiger partial charge in [-0.25, -0.2) is 9.97 Å². The second-order valence-electron chi connectivity index (χ2n) is 12.9. The van der Waals surface area contributed by atoms with E-state index in [9.17, 15) is 0 Å². The highest BCUT2D eigenvalue weighted by molar-refractivity contribution is 7.26. The molecule has 49 heavy (non-hydrogen) atoms. The molecule has 0 atom stereocenters. The van der Waals surface area contributed by atoms with E-state index >= 15 is 0 Å². The third-order valence-corrected chi connectivity index (χ3v) is 11.6. The van der Waals surface area contributed by atoms with Crippen LogP contribution in [0.15, 0.2) is 146 Å². The van der Waals surface area contributed by atoms with E-state index in [1.165, 1.54) is 64.3 Å². The smallest absolute Gasteiger partial charge is 0.235 e. The molecule has 0 amide bonds. The van der Waals surface area contributed by atoms with Gasteiger partial charge in [0.1, 0.15) is 0 Å². The number of rotatable bonds is 2. The molecule has 0 aliphatic rings. The summed E-state index contributed by atoms with van der Waals surface area (Å²) in [4.78, 5) is 11.0. The molecule has 0 saturated heterocycles. The average Bonchev–Trinajstić information content (AvgIpc) is 3.90. The van der Waals surface area contributed by atoms with Crippen LogP contribution in [0.25, 0.3) is 108 Å². The molecule has 0 aliphatic carbocycles. The minimum Gasteiger partial charge on any atom is -0.308 e. The van der Waals surface area contributed by atoms with Crippen molar-refractivity contribution in [3.05, 3.63) is 146 Å². The summed E-state index contributed by atoms with van der Waals surface area (Å²) in [6, 6.07) is 52.5. The van der Waals surface area contributed by atoms with Gasteiger partial charge < -0.3 is 4.40 Å². The Morgan fingerprint density at radius 3 is 2.02 bits per heavy atom. The molecule has 0 fully saturated rings. The minimum absolute atomic E-state index is 0.688. The van der Waals surface area contributed by atoms with Crippen molar-refractivity contribution < 1.29 is 0 Å². The van der Waals surface area contributed by atoms with Gasteiger partial charge in [0.15, 0.2) is 0 Å². The number of nitrogens with zero attached hydrogens (tertiary/aromatic N) is 4. The highest BCUT2D eigenvalue weighted by Crippen LogP contribution is 2.48. The largest absolute Gasteiger partial charge is 0.308 e. The normalized spacial score (nSPS) is 12.5. The second kappa shape index (κ2) is 9.19. The van der Waals surface area contributed by atoms with Gasteiger partial charge in [0, 0.05) is 53.4 Å². The first-order valence-corrected chi connectivity index (χ1v) is 17.4. The fourth-order valence-electron chi connectivity index (χ4n) is 8.45. The first kappa shape index (κ1) is 25.7.